The maximum Gasteiger partial charge on any atom is 0.409 e. The van der Waals surface area contributed by atoms with Crippen molar-refractivity contribution in [3.8, 4) is 0 Å². The molecule has 1 aliphatic heterocycles. The zero-order valence-corrected chi connectivity index (χ0v) is 17.9. The fourth-order valence-corrected chi connectivity index (χ4v) is 4.71. The molecule has 1 saturated heterocycles. The number of nitrogens with one attached hydrogen (secondary N) is 1. The first-order valence-electron chi connectivity index (χ1n) is 9.39. The Kier molecular flexibility index (Phi) is 6.28. The number of rotatable bonds is 6. The second-order valence-corrected chi connectivity index (χ2v) is 8.22. The molecule has 0 aliphatic carbocycles. The van der Waals surface area contributed by atoms with Crippen molar-refractivity contribution in [2.45, 2.75) is 39.2 Å². The van der Waals surface area contributed by atoms with Gasteiger partial charge in [-0.2, -0.15) is 13.2 Å². The normalized spacial score (nSPS) is 16.1. The Morgan fingerprint density at radius 2 is 1.90 bits per heavy atom. The lowest BCUT2D eigenvalue weighted by Crippen LogP contribution is -2.51. The van der Waals surface area contributed by atoms with E-state index in [9.17, 15) is 32.3 Å². The predicted octanol–water partition coefficient (Wildman–Crippen LogP) is 0.761. The van der Waals surface area contributed by atoms with Crippen LogP contribution in [0.15, 0.2) is 9.59 Å². The Hall–Kier alpha value is -2.67. The molecule has 1 N–H and O–H groups in total. The molecule has 0 spiro atoms. The summed E-state index contributed by atoms with van der Waals surface area (Å²) in [5.41, 5.74) is -1.75. The van der Waals surface area contributed by atoms with E-state index in [1.54, 1.807) is 6.92 Å². The van der Waals surface area contributed by atoms with E-state index in [0.29, 0.717) is 10.4 Å². The summed E-state index contributed by atoms with van der Waals surface area (Å²) in [4.78, 5) is 51.6. The number of nitrogens with zero attached hydrogens (tertiary/aromatic N) is 3. The van der Waals surface area contributed by atoms with E-state index in [2.05, 4.69) is 5.32 Å². The number of ether oxygens (including phenoxy) is 1. The van der Waals surface area contributed by atoms with E-state index in [1.807, 2.05) is 0 Å². The van der Waals surface area contributed by atoms with Gasteiger partial charge in [-0.05, 0) is 19.4 Å². The minimum atomic E-state index is -4.80. The van der Waals surface area contributed by atoms with Crippen molar-refractivity contribution in [1.29, 1.82) is 0 Å². The summed E-state index contributed by atoms with van der Waals surface area (Å²) in [5, 5.41) is 2.41. The van der Waals surface area contributed by atoms with Gasteiger partial charge < -0.3 is 15.0 Å². The number of halogens is 3. The van der Waals surface area contributed by atoms with Crippen LogP contribution < -0.4 is 16.6 Å². The van der Waals surface area contributed by atoms with Gasteiger partial charge in [-0.15, -0.1) is 11.3 Å². The molecule has 1 atom stereocenters. The number of amides is 2. The number of aromatic nitrogens is 2. The lowest BCUT2D eigenvalue weighted by molar-refractivity contribution is -0.164. The Labute approximate surface area is 178 Å². The topological polar surface area (TPSA) is 103 Å². The molecule has 0 bridgehead atoms. The van der Waals surface area contributed by atoms with Gasteiger partial charge in [0.2, 0.25) is 0 Å². The number of fused-ring (bicyclic) bond motifs is 1. The van der Waals surface area contributed by atoms with Crippen molar-refractivity contribution in [3.63, 3.8) is 0 Å². The average molecular weight is 462 g/mol. The molecular formula is C18H21F3N4O5S. The first kappa shape index (κ1) is 23.0. The number of aryl methyl sites for hydroxylation is 1. The van der Waals surface area contributed by atoms with Crippen LogP contribution in [0.2, 0.25) is 0 Å². The van der Waals surface area contributed by atoms with E-state index < -0.39 is 35.3 Å². The number of hydrogen-bond donors (Lipinski definition) is 1. The number of alkyl halides is 3. The molecule has 2 amide bonds. The van der Waals surface area contributed by atoms with Crippen LogP contribution >= 0.6 is 11.3 Å². The molecule has 9 nitrogen and oxygen atoms in total. The van der Waals surface area contributed by atoms with Crippen LogP contribution in [-0.4, -0.2) is 58.8 Å². The van der Waals surface area contributed by atoms with Gasteiger partial charge in [-0.1, -0.05) is 0 Å². The third-order valence-electron chi connectivity index (χ3n) is 5.21. The first-order chi connectivity index (χ1) is 14.5. The molecule has 2 aromatic rings. The summed E-state index contributed by atoms with van der Waals surface area (Å²) < 4.78 is 46.4. The lowest BCUT2D eigenvalue weighted by Gasteiger charge is -2.26. The summed E-state index contributed by atoms with van der Waals surface area (Å²) in [6.45, 7) is 2.82. The Bertz CT molecular complexity index is 1150. The van der Waals surface area contributed by atoms with Gasteiger partial charge in [0.25, 0.3) is 5.56 Å². The summed E-state index contributed by atoms with van der Waals surface area (Å²) in [6.07, 6.45) is -4.80. The van der Waals surface area contributed by atoms with Gasteiger partial charge in [0.15, 0.2) is 0 Å². The van der Waals surface area contributed by atoms with Crippen LogP contribution in [0.4, 0.5) is 13.2 Å². The van der Waals surface area contributed by atoms with E-state index in [-0.39, 0.29) is 47.6 Å². The first-order valence-corrected chi connectivity index (χ1v) is 10.2. The van der Waals surface area contributed by atoms with Gasteiger partial charge in [-0.25, -0.2) is 9.36 Å². The molecule has 3 heterocycles. The molecule has 1 fully saturated rings. The van der Waals surface area contributed by atoms with Crippen molar-refractivity contribution in [1.82, 2.24) is 19.4 Å². The van der Waals surface area contributed by atoms with Gasteiger partial charge in [0.05, 0.1) is 25.1 Å². The Morgan fingerprint density at radius 1 is 1.23 bits per heavy atom. The van der Waals surface area contributed by atoms with Gasteiger partial charge in [0, 0.05) is 25.1 Å². The maximum absolute atomic E-state index is 13.4. The zero-order valence-electron chi connectivity index (χ0n) is 17.0. The number of thiophene rings is 1. The lowest BCUT2D eigenvalue weighted by atomic mass is 10.2. The summed E-state index contributed by atoms with van der Waals surface area (Å²) in [7, 11) is 1.38. The fourth-order valence-electron chi connectivity index (χ4n) is 3.38. The molecule has 3 rings (SSSR count). The second-order valence-electron chi connectivity index (χ2n) is 7.13. The highest BCUT2D eigenvalue weighted by molar-refractivity contribution is 7.18. The molecule has 13 heteroatoms. The van der Waals surface area contributed by atoms with Gasteiger partial charge in [-0.3, -0.25) is 19.0 Å². The third-order valence-corrected chi connectivity index (χ3v) is 6.50. The summed E-state index contributed by atoms with van der Waals surface area (Å²) in [6, 6.07) is -2.32. The van der Waals surface area contributed by atoms with Crippen molar-refractivity contribution in [2.75, 3.05) is 26.8 Å². The van der Waals surface area contributed by atoms with Gasteiger partial charge in [0.1, 0.15) is 10.9 Å². The molecule has 31 heavy (non-hydrogen) atoms. The quantitative estimate of drug-likeness (QED) is 0.639. The number of carbonyl (C=O) groups excluding carboxylic acids is 2. The van der Waals surface area contributed by atoms with Crippen molar-refractivity contribution in [2.24, 2.45) is 0 Å². The highest BCUT2D eigenvalue weighted by Gasteiger charge is 2.40. The van der Waals surface area contributed by atoms with E-state index in [0.717, 1.165) is 22.8 Å². The van der Waals surface area contributed by atoms with Crippen LogP contribution in [0, 0.1) is 6.92 Å². The molecule has 2 aromatic heterocycles. The largest absolute Gasteiger partial charge is 0.409 e. The number of methoxy groups -OCH3 is 1. The highest BCUT2D eigenvalue weighted by Crippen LogP contribution is 2.32. The van der Waals surface area contributed by atoms with Crippen LogP contribution in [0.3, 0.4) is 0 Å². The number of carbonyl (C=O) groups is 2. The molecule has 0 saturated carbocycles. The minimum absolute atomic E-state index is 0.00413. The van der Waals surface area contributed by atoms with Crippen molar-refractivity contribution in [3.05, 3.63) is 31.3 Å². The second kappa shape index (κ2) is 8.46. The Morgan fingerprint density at radius 3 is 2.52 bits per heavy atom. The zero-order chi connectivity index (χ0) is 23.1. The maximum atomic E-state index is 13.4. The van der Waals surface area contributed by atoms with E-state index >= 15 is 0 Å². The van der Waals surface area contributed by atoms with Crippen molar-refractivity contribution >= 4 is 33.4 Å². The van der Waals surface area contributed by atoms with Gasteiger partial charge >= 0.3 is 23.7 Å². The monoisotopic (exact) mass is 462 g/mol. The third kappa shape index (κ3) is 4.11. The van der Waals surface area contributed by atoms with Crippen LogP contribution in [0.5, 0.6) is 0 Å². The summed E-state index contributed by atoms with van der Waals surface area (Å²) in [5.74, 6) is -1.48. The molecule has 1 unspecified atom stereocenters. The van der Waals surface area contributed by atoms with Crippen LogP contribution in [-0.2, 0) is 27.4 Å². The van der Waals surface area contributed by atoms with E-state index in [4.69, 9.17) is 4.74 Å². The molecule has 1 aliphatic rings. The minimum Gasteiger partial charge on any atom is -0.383 e. The molecule has 170 valence electrons. The summed E-state index contributed by atoms with van der Waals surface area (Å²) >= 11 is 1.04. The fraction of sp³-hybridized carbons (Fsp3) is 0.556. The predicted molar refractivity (Wildman–Crippen MR) is 106 cm³/mol. The van der Waals surface area contributed by atoms with Crippen LogP contribution in [0.1, 0.15) is 23.4 Å². The average Bonchev–Trinajstić information content (AvgIpc) is 3.01. The SMILES string of the molecule is COCCn1c(=O)n(C(C)C(F)(F)F)c(=O)c2c(C)c(CN3CCNC(=O)C3=O)sc21. The molecular weight excluding hydrogens is 441 g/mol. The molecule has 0 aromatic carbocycles. The smallest absolute Gasteiger partial charge is 0.383 e. The highest BCUT2D eigenvalue weighted by atomic mass is 32.1. The number of piperazine rings is 1. The number of hydrogen-bond acceptors (Lipinski definition) is 6. The van der Waals surface area contributed by atoms with Crippen molar-refractivity contribution < 1.29 is 27.5 Å². The Balaban J connectivity index is 2.21. The van der Waals surface area contributed by atoms with Crippen LogP contribution in [0.25, 0.3) is 10.2 Å². The van der Waals surface area contributed by atoms with E-state index in [1.165, 1.54) is 12.0 Å². The molecule has 0 radical (unpaired) electrons. The standard InChI is InChI=1S/C18H21F3N4O5S/c1-9-11(8-23-5-4-22-13(26)15(23)28)31-16-12(9)14(27)25(10(2)18(19,20)21)17(29)24(16)6-7-30-3/h10H,4-8H2,1-3H3,(H,22,26).